The molecular weight excluding hydrogens is 839 g/mol. The van der Waals surface area contributed by atoms with Gasteiger partial charge in [-0.05, 0) is 145 Å². The third-order valence-corrected chi connectivity index (χ3v) is 22.8. The zero-order valence-corrected chi connectivity index (χ0v) is 40.7. The quantitative estimate of drug-likeness (QED) is 0.0831. The molecule has 332 valence electrons. The van der Waals surface area contributed by atoms with Crippen molar-refractivity contribution in [2.45, 2.75) is 112 Å². The maximum absolute atomic E-state index is 14.6. The van der Waals surface area contributed by atoms with E-state index in [2.05, 4.69) is 146 Å². The Kier molecular flexibility index (Phi) is 14.0. The van der Waals surface area contributed by atoms with Crippen molar-refractivity contribution in [3.8, 4) is 0 Å². The molecule has 4 fully saturated rings. The van der Waals surface area contributed by atoms with Crippen LogP contribution >= 0.6 is 7.26 Å². The Morgan fingerprint density at radius 1 is 0.672 bits per heavy atom. The Labute approximate surface area is 379 Å². The van der Waals surface area contributed by atoms with Gasteiger partial charge in [0.15, 0.2) is 0 Å². The first-order valence-corrected chi connectivity index (χ1v) is 25.5. The summed E-state index contributed by atoms with van der Waals surface area (Å²) in [6, 6.07) is 32.8. The van der Waals surface area contributed by atoms with Gasteiger partial charge in [0.2, 0.25) is 0 Å². The highest BCUT2D eigenvalue weighted by atomic mass is 79.9. The molecule has 0 saturated heterocycles. The van der Waals surface area contributed by atoms with Gasteiger partial charge in [0.1, 0.15) is 29.8 Å². The molecule has 0 amide bonds. The maximum atomic E-state index is 14.6. The van der Waals surface area contributed by atoms with Crippen LogP contribution < -0.4 is 32.9 Å². The van der Waals surface area contributed by atoms with E-state index in [0.717, 1.165) is 51.1 Å². The van der Waals surface area contributed by atoms with E-state index in [-0.39, 0.29) is 63.2 Å². The number of fused-ring (bicyclic) bond motifs is 7. The normalized spacial score (nSPS) is 35.2. The molecule has 0 radical (unpaired) electrons. The van der Waals surface area contributed by atoms with Gasteiger partial charge >= 0.3 is 5.97 Å². The highest BCUT2D eigenvalue weighted by Gasteiger charge is 2.69. The van der Waals surface area contributed by atoms with Crippen LogP contribution in [-0.2, 0) is 19.0 Å². The number of esters is 1. The number of ether oxygens (including phenoxy) is 3. The van der Waals surface area contributed by atoms with E-state index >= 15 is 0 Å². The molecule has 0 aliphatic heterocycles. The van der Waals surface area contributed by atoms with Crippen molar-refractivity contribution in [2.24, 2.45) is 56.7 Å². The molecule has 1 N–H and O–H groups in total. The zero-order valence-electron chi connectivity index (χ0n) is 38.2. The van der Waals surface area contributed by atoms with Gasteiger partial charge in [-0.3, -0.25) is 4.79 Å². The minimum absolute atomic E-state index is 0. The minimum Gasteiger partial charge on any atom is -1.00 e. The van der Waals surface area contributed by atoms with Gasteiger partial charge in [0.25, 0.3) is 0 Å². The number of allylic oxidation sites excluding steroid dienone is 2. The van der Waals surface area contributed by atoms with E-state index in [1.54, 1.807) is 5.57 Å². The summed E-state index contributed by atoms with van der Waals surface area (Å²) in [5, 5.41) is 15.2. The van der Waals surface area contributed by atoms with E-state index in [0.29, 0.717) is 50.1 Å². The van der Waals surface area contributed by atoms with Crippen LogP contribution in [0.3, 0.4) is 0 Å². The van der Waals surface area contributed by atoms with Crippen molar-refractivity contribution < 1.29 is 41.1 Å². The van der Waals surface area contributed by atoms with Gasteiger partial charge in [0.05, 0.1) is 44.1 Å². The van der Waals surface area contributed by atoms with Crippen molar-refractivity contribution in [1.29, 1.82) is 0 Å². The molecule has 61 heavy (non-hydrogen) atoms. The summed E-state index contributed by atoms with van der Waals surface area (Å²) in [4.78, 5) is 14.6. The van der Waals surface area contributed by atoms with E-state index in [9.17, 15) is 9.90 Å². The average Bonchev–Trinajstić information content (AvgIpc) is 3.25. The number of aliphatic hydroxyl groups excluding tert-OH is 1. The van der Waals surface area contributed by atoms with E-state index in [4.69, 9.17) is 14.2 Å². The van der Waals surface area contributed by atoms with Gasteiger partial charge in [0, 0.05) is 0 Å². The van der Waals surface area contributed by atoms with Crippen molar-refractivity contribution in [1.82, 2.24) is 0 Å². The summed E-state index contributed by atoms with van der Waals surface area (Å²) in [6.45, 7) is 19.5. The maximum Gasteiger partial charge on any atom is 0.312 e. The smallest absolute Gasteiger partial charge is 0.312 e. The number of aliphatic hydroxyl groups is 1. The third kappa shape index (κ3) is 7.77. The topological polar surface area (TPSA) is 65.0 Å². The molecular formula is C54H74BrO5P. The molecule has 0 bridgehead atoms. The average molecular weight is 914 g/mol. The number of rotatable bonds is 13. The molecule has 7 heteroatoms. The molecule has 8 rings (SSSR count). The summed E-state index contributed by atoms with van der Waals surface area (Å²) in [5.41, 5.74) is 1.49. The van der Waals surface area contributed by atoms with Crippen LogP contribution in [0.5, 0.6) is 0 Å². The first-order chi connectivity index (χ1) is 28.8. The van der Waals surface area contributed by atoms with Crippen LogP contribution in [0.25, 0.3) is 0 Å². The highest BCUT2D eigenvalue weighted by Crippen LogP contribution is 2.76. The monoisotopic (exact) mass is 912 g/mol. The second-order valence-corrected chi connectivity index (χ2v) is 24.7. The summed E-state index contributed by atoms with van der Waals surface area (Å²) in [5.74, 6) is 2.33. The lowest BCUT2D eigenvalue weighted by molar-refractivity contribution is -0.207. The fourth-order valence-corrected chi connectivity index (χ4v) is 18.7. The van der Waals surface area contributed by atoms with Crippen LogP contribution in [0.15, 0.2) is 103 Å². The summed E-state index contributed by atoms with van der Waals surface area (Å²) >= 11 is 0. The van der Waals surface area contributed by atoms with Crippen molar-refractivity contribution in [3.63, 3.8) is 0 Å². The van der Waals surface area contributed by atoms with Crippen molar-refractivity contribution >= 4 is 29.1 Å². The predicted octanol–water partition coefficient (Wildman–Crippen LogP) is 7.58. The molecule has 3 aromatic rings. The van der Waals surface area contributed by atoms with Crippen LogP contribution in [0.4, 0.5) is 0 Å². The first-order valence-electron chi connectivity index (χ1n) is 23.5. The lowest BCUT2D eigenvalue weighted by atomic mass is 9.33. The second kappa shape index (κ2) is 18.3. The standard InChI is InChI=1S/C54H74O5P.BrH/c1-39-25-30-54(32-31-52(6)44(48(54)40(39)2)23-24-46-51(5)28-27-47(55)50(3,4)45(51)26-29-53(46,52)7)49(56)59-36-35-57-33-34-58-37-38-60(41-17-11-8-12-18-41,42-19-13-9-14-20-42)43-21-15-10-16-22-43;/h8-23,39-40,45-48,55H,24-38H2,1-7H3;1H/q+1;/p-1/t39-,40+,45+,46-,47+,48+,51+,52-,53-,54+;/m1./s1. The first kappa shape index (κ1) is 46.6. The molecule has 10 atom stereocenters. The molecule has 5 aliphatic carbocycles. The van der Waals surface area contributed by atoms with E-state index in [1.165, 1.54) is 28.8 Å². The van der Waals surface area contributed by atoms with Crippen LogP contribution in [0.2, 0.25) is 0 Å². The lowest BCUT2D eigenvalue weighted by Crippen LogP contribution is -3.00. The fraction of sp³-hybridized carbons (Fsp3) is 0.611. The van der Waals surface area contributed by atoms with Gasteiger partial charge in [-0.25, -0.2) is 0 Å². The summed E-state index contributed by atoms with van der Waals surface area (Å²) in [6.07, 6.45) is 12.8. The SMILES string of the molecule is C[C@H]1[C@H](C)CC[C@]2(C(=O)OCCOCCOCC[P+](c3ccccc3)(c3ccccc3)c3ccccc3)CC[C@]3(C)C(=CC[C@@H]4[C@@]5(C)CC[C@H](O)C(C)(C)[C@@H]5CC[C@]43C)[C@H]12.[Br-]. The zero-order chi connectivity index (χ0) is 42.4. The molecule has 5 aliphatic rings. The number of hydrogen-bond acceptors (Lipinski definition) is 5. The van der Waals surface area contributed by atoms with E-state index < -0.39 is 12.7 Å². The van der Waals surface area contributed by atoms with E-state index in [1.807, 2.05) is 0 Å². The van der Waals surface area contributed by atoms with Crippen molar-refractivity contribution in [3.05, 3.63) is 103 Å². The molecule has 5 nitrogen and oxygen atoms in total. The lowest BCUT2D eigenvalue weighted by Gasteiger charge is -2.71. The molecule has 0 unspecified atom stereocenters. The molecule has 0 aromatic heterocycles. The molecule has 4 saturated carbocycles. The van der Waals surface area contributed by atoms with Gasteiger partial charge in [-0.2, -0.15) is 0 Å². The molecule has 3 aromatic carbocycles. The second-order valence-electron chi connectivity index (χ2n) is 21.1. The van der Waals surface area contributed by atoms with Gasteiger partial charge in [-0.15, -0.1) is 0 Å². The largest absolute Gasteiger partial charge is 1.00 e. The van der Waals surface area contributed by atoms with Crippen LogP contribution in [-0.4, -0.2) is 56.4 Å². The highest BCUT2D eigenvalue weighted by molar-refractivity contribution is 7.95. The van der Waals surface area contributed by atoms with Gasteiger partial charge in [-0.1, -0.05) is 115 Å². The fourth-order valence-electron chi connectivity index (χ4n) is 14.6. The number of carbonyl (C=O) groups excluding carboxylic acids is 1. The number of carbonyl (C=O) groups is 1. The number of benzene rings is 3. The van der Waals surface area contributed by atoms with Crippen LogP contribution in [0, 0.1) is 56.7 Å². The number of hydrogen-bond donors (Lipinski definition) is 1. The third-order valence-electron chi connectivity index (χ3n) is 18.4. The minimum atomic E-state index is -1.94. The molecule has 0 spiro atoms. The Bertz CT molecular complexity index is 1880. The predicted molar refractivity (Wildman–Crippen MR) is 248 cm³/mol. The van der Waals surface area contributed by atoms with Crippen LogP contribution in [0.1, 0.15) is 106 Å². The number of halogens is 1. The Hall–Kier alpha value is -2.34. The summed E-state index contributed by atoms with van der Waals surface area (Å²) in [7, 11) is -1.94. The van der Waals surface area contributed by atoms with Gasteiger partial charge < -0.3 is 36.3 Å². The Morgan fingerprint density at radius 3 is 1.82 bits per heavy atom. The molecule has 0 heterocycles. The Morgan fingerprint density at radius 2 is 1.23 bits per heavy atom. The summed E-state index contributed by atoms with van der Waals surface area (Å²) < 4.78 is 18.6. The van der Waals surface area contributed by atoms with Crippen molar-refractivity contribution in [2.75, 3.05) is 39.2 Å². The Balaban J connectivity index is 0.00000561.